The molecule has 0 fully saturated rings. The van der Waals surface area contributed by atoms with Crippen LogP contribution in [0.5, 0.6) is 0 Å². The van der Waals surface area contributed by atoms with Gasteiger partial charge in [0.15, 0.2) is 5.11 Å². The van der Waals surface area contributed by atoms with Gasteiger partial charge in [0.1, 0.15) is 5.69 Å². The van der Waals surface area contributed by atoms with Crippen molar-refractivity contribution in [2.45, 2.75) is 40.3 Å². The molecule has 1 rings (SSSR count). The molecule has 5 nitrogen and oxygen atoms in total. The van der Waals surface area contributed by atoms with Gasteiger partial charge in [-0.3, -0.25) is 4.68 Å². The van der Waals surface area contributed by atoms with Crippen LogP contribution in [0.25, 0.3) is 0 Å². The number of hydrogen-bond donors (Lipinski definition) is 1. The van der Waals surface area contributed by atoms with Gasteiger partial charge in [0.2, 0.25) is 0 Å². The zero-order chi connectivity index (χ0) is 16.5. The number of thiocarbonyl (C=S) groups is 1. The van der Waals surface area contributed by atoms with Crippen molar-refractivity contribution in [3.8, 4) is 0 Å². The lowest BCUT2D eigenvalue weighted by molar-refractivity contribution is 0.299. The molecule has 1 aromatic rings. The normalized spacial score (nSPS) is 11.0. The molecule has 0 bridgehead atoms. The van der Waals surface area contributed by atoms with Gasteiger partial charge < -0.3 is 15.1 Å². The summed E-state index contributed by atoms with van der Waals surface area (Å²) in [4.78, 5) is 4.38. The van der Waals surface area contributed by atoms with Crippen molar-refractivity contribution in [2.24, 2.45) is 0 Å². The second-order valence-electron chi connectivity index (χ2n) is 5.25. The zero-order valence-corrected chi connectivity index (χ0v) is 15.7. The Morgan fingerprint density at radius 1 is 1.36 bits per heavy atom. The third kappa shape index (κ3) is 6.10. The lowest BCUT2D eigenvalue weighted by Crippen LogP contribution is -2.38. The first-order valence-electron chi connectivity index (χ1n) is 7.94. The summed E-state index contributed by atoms with van der Waals surface area (Å²) in [6.45, 7) is 12.0. The second kappa shape index (κ2) is 10.0. The zero-order valence-electron chi connectivity index (χ0n) is 14.1. The minimum absolute atomic E-state index is 0.619. The molecule has 0 atom stereocenters. The lowest BCUT2D eigenvalue weighted by atomic mass is 10.3. The number of aryl methyl sites for hydroxylation is 1. The minimum Gasteiger partial charge on any atom is -0.363 e. The Kier molecular flexibility index (Phi) is 8.75. The van der Waals surface area contributed by atoms with Crippen LogP contribution in [0.15, 0.2) is 6.20 Å². The molecule has 22 heavy (non-hydrogen) atoms. The monoisotopic (exact) mass is 345 g/mol. The van der Waals surface area contributed by atoms with Crippen molar-refractivity contribution in [1.82, 2.24) is 24.9 Å². The Balaban J connectivity index is 2.34. The summed E-state index contributed by atoms with van der Waals surface area (Å²) in [5, 5.41) is 9.17. The molecule has 0 saturated carbocycles. The molecule has 0 radical (unpaired) electrons. The number of nitrogens with one attached hydrogen (secondary N) is 1. The van der Waals surface area contributed by atoms with E-state index in [1.165, 1.54) is 0 Å². The lowest BCUT2D eigenvalue weighted by Gasteiger charge is -2.21. The van der Waals surface area contributed by atoms with Crippen molar-refractivity contribution >= 4 is 28.9 Å². The quantitative estimate of drug-likeness (QED) is 0.550. The van der Waals surface area contributed by atoms with Gasteiger partial charge in [0.05, 0.1) is 11.6 Å². The van der Waals surface area contributed by atoms with Crippen LogP contribution in [0.2, 0.25) is 5.02 Å². The summed E-state index contributed by atoms with van der Waals surface area (Å²) in [6.07, 6.45) is 2.94. The summed E-state index contributed by atoms with van der Waals surface area (Å²) < 4.78 is 1.84. The van der Waals surface area contributed by atoms with E-state index in [-0.39, 0.29) is 0 Å². The van der Waals surface area contributed by atoms with Crippen molar-refractivity contribution in [1.29, 1.82) is 0 Å². The van der Waals surface area contributed by atoms with Crippen molar-refractivity contribution in [2.75, 3.05) is 33.2 Å². The van der Waals surface area contributed by atoms with Crippen LogP contribution < -0.4 is 5.32 Å². The topological polar surface area (TPSA) is 36.3 Å². The molecule has 0 aliphatic carbocycles. The first-order valence-corrected chi connectivity index (χ1v) is 8.73. The summed E-state index contributed by atoms with van der Waals surface area (Å²) >= 11 is 11.6. The van der Waals surface area contributed by atoms with E-state index in [0.717, 1.165) is 50.0 Å². The van der Waals surface area contributed by atoms with Crippen LogP contribution in [-0.2, 0) is 13.1 Å². The van der Waals surface area contributed by atoms with Crippen LogP contribution in [0.3, 0.4) is 0 Å². The summed E-state index contributed by atoms with van der Waals surface area (Å²) in [6, 6.07) is 0. The van der Waals surface area contributed by atoms with E-state index in [0.29, 0.717) is 11.6 Å². The Bertz CT molecular complexity index is 459. The molecule has 0 aliphatic heterocycles. The predicted octanol–water partition coefficient (Wildman–Crippen LogP) is 2.59. The Morgan fingerprint density at radius 2 is 2.05 bits per heavy atom. The van der Waals surface area contributed by atoms with E-state index in [4.69, 9.17) is 23.8 Å². The van der Waals surface area contributed by atoms with Gasteiger partial charge in [0.25, 0.3) is 0 Å². The highest BCUT2D eigenvalue weighted by Gasteiger charge is 2.11. The standard InChI is InChI=1S/C15H28ClN5S/c1-5-20(6-2)10-8-9-17-15(22)19(4)12-14-13(16)11-21(7-3)18-14/h11H,5-10,12H2,1-4H3,(H,17,22). The molecule has 7 heteroatoms. The van der Waals surface area contributed by atoms with Crippen LogP contribution in [0.1, 0.15) is 32.9 Å². The van der Waals surface area contributed by atoms with Gasteiger partial charge in [-0.1, -0.05) is 25.4 Å². The molecular weight excluding hydrogens is 318 g/mol. The molecule has 0 saturated heterocycles. The molecule has 0 spiro atoms. The Morgan fingerprint density at radius 3 is 2.59 bits per heavy atom. The van der Waals surface area contributed by atoms with Crippen molar-refractivity contribution < 1.29 is 0 Å². The van der Waals surface area contributed by atoms with Crippen LogP contribution in [0, 0.1) is 0 Å². The average molecular weight is 346 g/mol. The van der Waals surface area contributed by atoms with E-state index in [9.17, 15) is 0 Å². The molecule has 126 valence electrons. The number of rotatable bonds is 9. The van der Waals surface area contributed by atoms with Gasteiger partial charge in [-0.15, -0.1) is 0 Å². The van der Waals surface area contributed by atoms with E-state index in [1.807, 2.05) is 29.7 Å². The van der Waals surface area contributed by atoms with E-state index >= 15 is 0 Å². The van der Waals surface area contributed by atoms with Crippen LogP contribution in [-0.4, -0.2) is 57.9 Å². The maximum atomic E-state index is 6.19. The Hall–Kier alpha value is -0.850. The minimum atomic E-state index is 0.619. The SMILES string of the molecule is CCN(CC)CCCNC(=S)N(C)Cc1nn(CC)cc1Cl. The summed E-state index contributed by atoms with van der Waals surface area (Å²) in [5.74, 6) is 0. The number of nitrogens with zero attached hydrogens (tertiary/aromatic N) is 4. The molecule has 0 amide bonds. The van der Waals surface area contributed by atoms with Crippen molar-refractivity contribution in [3.63, 3.8) is 0 Å². The van der Waals surface area contributed by atoms with Gasteiger partial charge >= 0.3 is 0 Å². The highest BCUT2D eigenvalue weighted by atomic mass is 35.5. The number of aromatic nitrogens is 2. The van der Waals surface area contributed by atoms with Gasteiger partial charge in [-0.25, -0.2) is 0 Å². The smallest absolute Gasteiger partial charge is 0.169 e. The Labute approximate surface area is 144 Å². The highest BCUT2D eigenvalue weighted by molar-refractivity contribution is 7.80. The summed E-state index contributed by atoms with van der Waals surface area (Å²) in [5.41, 5.74) is 0.860. The number of hydrogen-bond acceptors (Lipinski definition) is 3. The second-order valence-corrected chi connectivity index (χ2v) is 6.04. The first-order chi connectivity index (χ1) is 10.5. The van der Waals surface area contributed by atoms with Crippen molar-refractivity contribution in [3.05, 3.63) is 16.9 Å². The number of halogens is 1. The maximum Gasteiger partial charge on any atom is 0.169 e. The average Bonchev–Trinajstić information content (AvgIpc) is 2.87. The molecule has 1 aromatic heterocycles. The van der Waals surface area contributed by atoms with Crippen LogP contribution in [0.4, 0.5) is 0 Å². The third-order valence-electron chi connectivity index (χ3n) is 3.67. The summed E-state index contributed by atoms with van der Waals surface area (Å²) in [7, 11) is 1.96. The van der Waals surface area contributed by atoms with Crippen LogP contribution >= 0.6 is 23.8 Å². The molecule has 0 aliphatic rings. The first kappa shape index (κ1) is 19.2. The maximum absolute atomic E-state index is 6.19. The van der Waals surface area contributed by atoms with Gasteiger partial charge in [-0.2, -0.15) is 5.10 Å². The fourth-order valence-electron chi connectivity index (χ4n) is 2.18. The molecule has 1 N–H and O–H groups in total. The largest absolute Gasteiger partial charge is 0.363 e. The third-order valence-corrected chi connectivity index (χ3v) is 4.44. The molecular formula is C15H28ClN5S. The van der Waals surface area contributed by atoms with E-state index in [2.05, 4.69) is 29.2 Å². The highest BCUT2D eigenvalue weighted by Crippen LogP contribution is 2.15. The van der Waals surface area contributed by atoms with E-state index in [1.54, 1.807) is 0 Å². The van der Waals surface area contributed by atoms with Gasteiger partial charge in [-0.05, 0) is 45.2 Å². The predicted molar refractivity (Wildman–Crippen MR) is 97.4 cm³/mol. The van der Waals surface area contributed by atoms with Gasteiger partial charge in [0, 0.05) is 26.3 Å². The fraction of sp³-hybridized carbons (Fsp3) is 0.733. The molecule has 0 unspecified atom stereocenters. The molecule has 1 heterocycles. The molecule has 0 aromatic carbocycles. The van der Waals surface area contributed by atoms with E-state index < -0.39 is 0 Å². The fourth-order valence-corrected chi connectivity index (χ4v) is 2.55.